The van der Waals surface area contributed by atoms with Gasteiger partial charge in [0.05, 0.1) is 18.2 Å². The molecule has 2 saturated heterocycles. The number of nitrogens with one attached hydrogen (secondary N) is 1. The van der Waals surface area contributed by atoms with E-state index < -0.39 is 24.2 Å². The molecule has 1 aliphatic carbocycles. The average molecular weight is 315 g/mol. The van der Waals surface area contributed by atoms with Crippen LogP contribution in [-0.4, -0.2) is 59.5 Å². The third-order valence-electron chi connectivity index (χ3n) is 5.29. The van der Waals surface area contributed by atoms with Crippen LogP contribution in [0.4, 0.5) is 0 Å². The van der Waals surface area contributed by atoms with Gasteiger partial charge in [0.25, 0.3) is 0 Å². The molecule has 3 rings (SSSR count). The van der Waals surface area contributed by atoms with E-state index in [1.54, 1.807) is 0 Å². The van der Waals surface area contributed by atoms with E-state index in [4.69, 9.17) is 32.4 Å². The molecule has 10 N–H and O–H groups in total. The van der Waals surface area contributed by atoms with Crippen LogP contribution in [0, 0.1) is 0 Å². The molecule has 0 aromatic heterocycles. The summed E-state index contributed by atoms with van der Waals surface area (Å²) in [5, 5.41) is 13.5. The van der Waals surface area contributed by atoms with E-state index in [0.717, 1.165) is 12.8 Å². The molecule has 128 valence electrons. The van der Waals surface area contributed by atoms with Crippen molar-refractivity contribution in [2.24, 2.45) is 22.9 Å². The predicted octanol–water partition coefficient (Wildman–Crippen LogP) is -2.34. The molecule has 0 amide bonds. The second kappa shape index (κ2) is 5.95. The number of aliphatic hydroxyl groups is 1. The van der Waals surface area contributed by atoms with Crippen molar-refractivity contribution in [2.45, 2.75) is 87.0 Å². The van der Waals surface area contributed by atoms with Crippen LogP contribution in [0.25, 0.3) is 0 Å². The van der Waals surface area contributed by atoms with E-state index in [-0.39, 0.29) is 30.2 Å². The van der Waals surface area contributed by atoms with Crippen molar-refractivity contribution in [1.29, 1.82) is 0 Å². The van der Waals surface area contributed by atoms with Crippen LogP contribution in [0.15, 0.2) is 0 Å². The van der Waals surface area contributed by atoms with Gasteiger partial charge in [0, 0.05) is 18.1 Å². The molecule has 9 atom stereocenters. The largest absolute Gasteiger partial charge is 0.390 e. The maximum absolute atomic E-state index is 10.2. The van der Waals surface area contributed by atoms with E-state index in [0.29, 0.717) is 12.8 Å². The van der Waals surface area contributed by atoms with E-state index in [1.807, 2.05) is 6.92 Å². The Morgan fingerprint density at radius 1 is 1.18 bits per heavy atom. The molecule has 0 radical (unpaired) electrons. The zero-order valence-electron chi connectivity index (χ0n) is 13.0. The van der Waals surface area contributed by atoms with Crippen molar-refractivity contribution in [3.63, 3.8) is 0 Å². The Balaban J connectivity index is 1.65. The first-order valence-electron chi connectivity index (χ1n) is 8.14. The minimum Gasteiger partial charge on any atom is -0.390 e. The molecule has 1 spiro atoms. The Morgan fingerprint density at radius 2 is 1.91 bits per heavy atom. The van der Waals surface area contributed by atoms with Crippen LogP contribution >= 0.6 is 0 Å². The van der Waals surface area contributed by atoms with Gasteiger partial charge in [-0.05, 0) is 32.6 Å². The lowest BCUT2D eigenvalue weighted by Crippen LogP contribution is -2.81. The van der Waals surface area contributed by atoms with Crippen molar-refractivity contribution in [3.05, 3.63) is 0 Å². The smallest absolute Gasteiger partial charge is 0.175 e. The lowest BCUT2D eigenvalue weighted by atomic mass is 9.81. The van der Waals surface area contributed by atoms with Gasteiger partial charge in [0.2, 0.25) is 0 Å². The molecule has 3 fully saturated rings. The van der Waals surface area contributed by atoms with E-state index >= 15 is 0 Å². The summed E-state index contributed by atoms with van der Waals surface area (Å²) in [6, 6.07) is -0.570. The van der Waals surface area contributed by atoms with Gasteiger partial charge >= 0.3 is 0 Å². The molecule has 0 aromatic rings. The molecular formula is C14H29N5O3. The van der Waals surface area contributed by atoms with Crippen molar-refractivity contribution in [2.75, 3.05) is 0 Å². The molecule has 2 heterocycles. The van der Waals surface area contributed by atoms with Gasteiger partial charge in [-0.25, -0.2) is 0 Å². The zero-order valence-corrected chi connectivity index (χ0v) is 13.0. The van der Waals surface area contributed by atoms with Crippen molar-refractivity contribution >= 4 is 0 Å². The Morgan fingerprint density at radius 3 is 2.50 bits per heavy atom. The van der Waals surface area contributed by atoms with Gasteiger partial charge in [-0.1, -0.05) is 0 Å². The van der Waals surface area contributed by atoms with Crippen molar-refractivity contribution in [1.82, 2.24) is 5.32 Å². The number of rotatable bonds is 2. The molecule has 1 unspecified atom stereocenters. The topological polar surface area (TPSA) is 155 Å². The monoisotopic (exact) mass is 315 g/mol. The fourth-order valence-electron chi connectivity index (χ4n) is 3.89. The van der Waals surface area contributed by atoms with E-state index in [9.17, 15) is 5.11 Å². The van der Waals surface area contributed by atoms with Crippen molar-refractivity contribution < 1.29 is 14.6 Å². The predicted molar refractivity (Wildman–Crippen MR) is 81.5 cm³/mol. The maximum Gasteiger partial charge on any atom is 0.175 e. The van der Waals surface area contributed by atoms with Crippen LogP contribution in [0.2, 0.25) is 0 Å². The molecule has 8 nitrogen and oxygen atoms in total. The van der Waals surface area contributed by atoms with Gasteiger partial charge in [-0.3, -0.25) is 5.32 Å². The summed E-state index contributed by atoms with van der Waals surface area (Å²) in [7, 11) is 0. The van der Waals surface area contributed by atoms with Crippen LogP contribution in [-0.2, 0) is 9.47 Å². The number of hydrogen-bond acceptors (Lipinski definition) is 8. The summed E-state index contributed by atoms with van der Waals surface area (Å²) in [5.41, 5.74) is 23.7. The SMILES string of the molecule is CC1N[C@]2(CC[C@@H](N)[C@@H](O[C@H]3[C@H](O)C[C@H](N)C[C@@H]3N)O2)[C@H]1N. The van der Waals surface area contributed by atoms with Gasteiger partial charge in [-0.15, -0.1) is 0 Å². The highest BCUT2D eigenvalue weighted by Crippen LogP contribution is 2.37. The fourth-order valence-corrected chi connectivity index (χ4v) is 3.89. The highest BCUT2D eigenvalue weighted by molar-refractivity contribution is 5.08. The molecule has 2 aliphatic heterocycles. The maximum atomic E-state index is 10.2. The highest BCUT2D eigenvalue weighted by Gasteiger charge is 2.55. The fraction of sp³-hybridized carbons (Fsp3) is 1.00. The highest BCUT2D eigenvalue weighted by atomic mass is 16.7. The quantitative estimate of drug-likeness (QED) is 0.331. The van der Waals surface area contributed by atoms with Crippen LogP contribution in [0.3, 0.4) is 0 Å². The molecule has 1 saturated carbocycles. The Labute approximate surface area is 130 Å². The van der Waals surface area contributed by atoms with Crippen LogP contribution in [0.5, 0.6) is 0 Å². The summed E-state index contributed by atoms with van der Waals surface area (Å²) < 4.78 is 12.0. The molecule has 0 bridgehead atoms. The Hall–Kier alpha value is -0.320. The van der Waals surface area contributed by atoms with E-state index in [2.05, 4.69) is 5.32 Å². The lowest BCUT2D eigenvalue weighted by Gasteiger charge is -2.57. The second-order valence-electron chi connectivity index (χ2n) is 7.10. The molecule has 22 heavy (non-hydrogen) atoms. The second-order valence-corrected chi connectivity index (χ2v) is 7.10. The van der Waals surface area contributed by atoms with Crippen LogP contribution in [0.1, 0.15) is 32.6 Å². The summed E-state index contributed by atoms with van der Waals surface area (Å²) >= 11 is 0. The van der Waals surface area contributed by atoms with E-state index in [1.165, 1.54) is 0 Å². The molecule has 8 heteroatoms. The third-order valence-corrected chi connectivity index (χ3v) is 5.29. The number of hydrogen-bond donors (Lipinski definition) is 6. The molecule has 3 aliphatic rings. The minimum atomic E-state index is -0.700. The third kappa shape index (κ3) is 2.78. The lowest BCUT2D eigenvalue weighted by molar-refractivity contribution is -0.308. The standard InChI is InChI=1S/C14H29N5O3/c1-6-12(18)14(19-6)3-2-8(16)13(22-14)21-11-9(17)4-7(15)5-10(11)20/h6-13,19-20H,2-5,15-18H2,1H3/t6?,7-,8-,9+,10-,11-,12+,13+,14+/m1/s1. The van der Waals surface area contributed by atoms with Gasteiger partial charge in [0.1, 0.15) is 11.8 Å². The summed E-state index contributed by atoms with van der Waals surface area (Å²) in [6.07, 6.45) is 0.748. The first kappa shape index (κ1) is 16.5. The van der Waals surface area contributed by atoms with Gasteiger partial charge in [0.15, 0.2) is 6.29 Å². The zero-order chi connectivity index (χ0) is 16.1. The Bertz CT molecular complexity index is 402. The minimum absolute atomic E-state index is 0.0931. The van der Waals surface area contributed by atoms with Gasteiger partial charge < -0.3 is 37.5 Å². The summed E-state index contributed by atoms with van der Waals surface area (Å²) in [5.74, 6) is 0. The number of aliphatic hydroxyl groups excluding tert-OH is 1. The first-order chi connectivity index (χ1) is 10.3. The summed E-state index contributed by atoms with van der Waals surface area (Å²) in [4.78, 5) is 0. The normalized spacial score (nSPS) is 55.9. The summed E-state index contributed by atoms with van der Waals surface area (Å²) in [6.45, 7) is 2.02. The average Bonchev–Trinajstić information content (AvgIpc) is 2.45. The Kier molecular flexibility index (Phi) is 4.47. The molecule has 0 aromatic carbocycles. The number of nitrogens with two attached hydrogens (primary N) is 4. The number of ether oxygens (including phenoxy) is 2. The first-order valence-corrected chi connectivity index (χ1v) is 8.14. The molecular weight excluding hydrogens is 286 g/mol. The van der Waals surface area contributed by atoms with Gasteiger partial charge in [-0.2, -0.15) is 0 Å². The van der Waals surface area contributed by atoms with Crippen molar-refractivity contribution in [3.8, 4) is 0 Å². The van der Waals surface area contributed by atoms with Crippen LogP contribution < -0.4 is 28.3 Å².